The Morgan fingerprint density at radius 3 is 1.79 bits per heavy atom. The zero-order valence-corrected chi connectivity index (χ0v) is 28.2. The smallest absolute Gasteiger partial charge is 0.372 e. The Kier molecular flexibility index (Phi) is 11.2. The Morgan fingerprint density at radius 1 is 0.738 bits per heavy atom. The van der Waals surface area contributed by atoms with Crippen molar-refractivity contribution >= 4 is 48.0 Å². The molecule has 0 amide bonds. The van der Waals surface area contributed by atoms with Gasteiger partial charge in [0.1, 0.15) is 13.1 Å². The van der Waals surface area contributed by atoms with Crippen LogP contribution in [0.25, 0.3) is 16.3 Å². The maximum absolute atomic E-state index is 12.3. The van der Waals surface area contributed by atoms with Crippen LogP contribution in [0.3, 0.4) is 0 Å². The van der Waals surface area contributed by atoms with Crippen molar-refractivity contribution in [1.82, 2.24) is 0 Å². The van der Waals surface area contributed by atoms with Gasteiger partial charge in [-0.1, -0.05) is 18.2 Å². The molecule has 216 valence electrons. The summed E-state index contributed by atoms with van der Waals surface area (Å²) in [5.41, 5.74) is 4.91. The van der Waals surface area contributed by atoms with Crippen LogP contribution in [0.5, 0.6) is 0 Å². The van der Waals surface area contributed by atoms with Crippen LogP contribution < -0.4 is 34.5 Å². The second-order valence-corrected chi connectivity index (χ2v) is 12.5. The number of nitrogens with zero attached hydrogens (tertiary/aromatic N) is 2. The number of hydrogen-bond acceptors (Lipinski definition) is 5. The molecule has 0 heterocycles. The van der Waals surface area contributed by atoms with Crippen LogP contribution in [0.1, 0.15) is 38.8 Å². The van der Waals surface area contributed by atoms with Crippen molar-refractivity contribution in [3.05, 3.63) is 95.6 Å². The van der Waals surface area contributed by atoms with Gasteiger partial charge in [0, 0.05) is 30.9 Å². The van der Waals surface area contributed by atoms with Gasteiger partial charge in [-0.25, -0.2) is 4.58 Å². The van der Waals surface area contributed by atoms with E-state index in [0.29, 0.717) is 16.5 Å². The SMILES string of the molecule is CCN(CC)c1ccc(C(=C2C=CC(=[N+](CC)CC)C=C2)c2cc(S(=O)(=O)O)cc3cc(S(=O)(=O)O)ccc23)cc1.[Na+]. The largest absolute Gasteiger partial charge is 1.00 e. The van der Waals surface area contributed by atoms with Crippen LogP contribution in [0, 0.1) is 0 Å². The molecule has 0 spiro atoms. The molecule has 0 saturated carbocycles. The predicted molar refractivity (Wildman–Crippen MR) is 164 cm³/mol. The van der Waals surface area contributed by atoms with E-state index >= 15 is 0 Å². The van der Waals surface area contributed by atoms with Crippen molar-refractivity contribution in [3.8, 4) is 0 Å². The summed E-state index contributed by atoms with van der Waals surface area (Å²) >= 11 is 0. The molecule has 0 radical (unpaired) electrons. The van der Waals surface area contributed by atoms with Crippen molar-refractivity contribution < 1.29 is 60.1 Å². The van der Waals surface area contributed by atoms with Crippen LogP contribution in [0.15, 0.2) is 94.3 Å². The van der Waals surface area contributed by atoms with Gasteiger partial charge >= 0.3 is 29.6 Å². The second-order valence-electron chi connectivity index (χ2n) is 9.62. The summed E-state index contributed by atoms with van der Waals surface area (Å²) in [5, 5.41) is 0.794. The first-order chi connectivity index (χ1) is 19.4. The van der Waals surface area contributed by atoms with Gasteiger partial charge in [0.15, 0.2) is 5.71 Å². The van der Waals surface area contributed by atoms with Crippen molar-refractivity contribution in [1.29, 1.82) is 0 Å². The molecule has 3 aromatic rings. The molecule has 0 aliphatic heterocycles. The number of anilines is 1. The van der Waals surface area contributed by atoms with E-state index in [2.05, 4.69) is 37.2 Å². The fraction of sp³-hybridized carbons (Fsp3) is 0.258. The van der Waals surface area contributed by atoms with Gasteiger partial charge < -0.3 is 4.90 Å². The Balaban J connectivity index is 0.00000484. The third-order valence-corrected chi connectivity index (χ3v) is 9.01. The molecule has 1 aliphatic rings. The summed E-state index contributed by atoms with van der Waals surface area (Å²) in [6.45, 7) is 11.7. The Labute approximate surface area is 270 Å². The van der Waals surface area contributed by atoms with E-state index in [-0.39, 0.29) is 44.7 Å². The van der Waals surface area contributed by atoms with Crippen LogP contribution in [-0.2, 0) is 20.2 Å². The third kappa shape index (κ3) is 7.31. The van der Waals surface area contributed by atoms with Gasteiger partial charge in [-0.05, 0) is 109 Å². The summed E-state index contributed by atoms with van der Waals surface area (Å²) in [6.07, 6.45) is 7.97. The number of benzene rings is 3. The summed E-state index contributed by atoms with van der Waals surface area (Å²) in [5.74, 6) is 0. The molecule has 4 rings (SSSR count). The molecule has 0 atom stereocenters. The molecule has 0 unspecified atom stereocenters. The average molecular weight is 619 g/mol. The van der Waals surface area contributed by atoms with Gasteiger partial charge in [0.2, 0.25) is 0 Å². The van der Waals surface area contributed by atoms with E-state index in [9.17, 15) is 25.9 Å². The van der Waals surface area contributed by atoms with Crippen LogP contribution >= 0.6 is 0 Å². The second kappa shape index (κ2) is 13.8. The number of fused-ring (bicyclic) bond motifs is 1. The maximum Gasteiger partial charge on any atom is 1.00 e. The number of allylic oxidation sites excluding steroid dienone is 5. The van der Waals surface area contributed by atoms with E-state index in [1.165, 1.54) is 30.3 Å². The normalized spacial score (nSPS) is 13.3. The molecular formula is C31H35N2NaO6S2+2. The maximum atomic E-state index is 12.3. The van der Waals surface area contributed by atoms with Crippen molar-refractivity contribution in [2.45, 2.75) is 37.5 Å². The summed E-state index contributed by atoms with van der Waals surface area (Å²) in [4.78, 5) is 1.45. The molecule has 0 fully saturated rings. The molecule has 1 aliphatic carbocycles. The van der Waals surface area contributed by atoms with Crippen LogP contribution in [0.4, 0.5) is 5.69 Å². The van der Waals surface area contributed by atoms with E-state index in [4.69, 9.17) is 0 Å². The number of hydrogen-bond donors (Lipinski definition) is 2. The monoisotopic (exact) mass is 618 g/mol. The summed E-state index contributed by atoms with van der Waals surface area (Å²) in [6, 6.07) is 14.6. The van der Waals surface area contributed by atoms with Crippen molar-refractivity contribution in [2.75, 3.05) is 31.1 Å². The standard InChI is InChI=1S/C31H34N2O6S2.Na/c1-5-32(6-2)25-13-9-22(10-14-25)31(23-11-15-26(16-12-23)33(7-3)8-4)30-21-28(41(37,38)39)20-24-19-27(40(34,35)36)17-18-29(24)30;/h9-21H,5-8H2,1-4H3,(H-,34,35,36,37,38,39);/q;+1/p+1. The first-order valence-electron chi connectivity index (χ1n) is 13.5. The summed E-state index contributed by atoms with van der Waals surface area (Å²) in [7, 11) is -9.20. The van der Waals surface area contributed by atoms with E-state index in [1.54, 1.807) is 0 Å². The molecule has 0 bridgehead atoms. The molecule has 2 N–H and O–H groups in total. The topological polar surface area (TPSA) is 115 Å². The van der Waals surface area contributed by atoms with Gasteiger partial charge in [-0.2, -0.15) is 16.8 Å². The van der Waals surface area contributed by atoms with Gasteiger partial charge in [0.25, 0.3) is 20.2 Å². The molecule has 0 aromatic heterocycles. The molecule has 3 aromatic carbocycles. The Morgan fingerprint density at radius 2 is 1.29 bits per heavy atom. The average Bonchev–Trinajstić information content (AvgIpc) is 2.94. The fourth-order valence-electron chi connectivity index (χ4n) is 5.17. The van der Waals surface area contributed by atoms with Gasteiger partial charge in [0.05, 0.1) is 9.79 Å². The quantitative estimate of drug-likeness (QED) is 0.215. The molecule has 42 heavy (non-hydrogen) atoms. The minimum atomic E-state index is -4.65. The fourth-order valence-corrected chi connectivity index (χ4v) is 6.23. The zero-order chi connectivity index (χ0) is 29.9. The van der Waals surface area contributed by atoms with E-state index in [1.807, 2.05) is 48.6 Å². The third-order valence-electron chi connectivity index (χ3n) is 7.33. The zero-order valence-electron chi connectivity index (χ0n) is 24.6. The predicted octanol–water partition coefficient (Wildman–Crippen LogP) is 2.60. The Hall–Kier alpha value is -2.57. The molecule has 8 nitrogen and oxygen atoms in total. The molecular weight excluding hydrogens is 583 g/mol. The van der Waals surface area contributed by atoms with Gasteiger partial charge in [-0.3, -0.25) is 9.11 Å². The van der Waals surface area contributed by atoms with Gasteiger partial charge in [-0.15, -0.1) is 0 Å². The minimum absolute atomic E-state index is 0. The first-order valence-corrected chi connectivity index (χ1v) is 16.4. The molecule has 0 saturated heterocycles. The van der Waals surface area contributed by atoms with E-state index in [0.717, 1.165) is 48.7 Å². The van der Waals surface area contributed by atoms with Crippen molar-refractivity contribution in [3.63, 3.8) is 0 Å². The van der Waals surface area contributed by atoms with E-state index < -0.39 is 20.2 Å². The van der Waals surface area contributed by atoms with Crippen molar-refractivity contribution in [2.24, 2.45) is 0 Å². The van der Waals surface area contributed by atoms with Crippen LogP contribution in [0.2, 0.25) is 0 Å². The molecule has 11 heteroatoms. The van der Waals surface area contributed by atoms with Crippen LogP contribution in [-0.4, -0.2) is 62.4 Å². The summed E-state index contributed by atoms with van der Waals surface area (Å²) < 4.78 is 70.3. The first kappa shape index (κ1) is 33.9. The number of rotatable bonds is 9. The minimum Gasteiger partial charge on any atom is -0.372 e. The Bertz CT molecular complexity index is 1790.